The van der Waals surface area contributed by atoms with Gasteiger partial charge in [-0.3, -0.25) is 14.1 Å². The second-order valence-electron chi connectivity index (χ2n) is 7.02. The highest BCUT2D eigenvalue weighted by Crippen LogP contribution is 2.24. The van der Waals surface area contributed by atoms with Crippen LogP contribution < -0.4 is 14.8 Å². The quantitative estimate of drug-likeness (QED) is 0.428. The normalized spacial score (nSPS) is 11.1. The Hall–Kier alpha value is -4.25. The monoisotopic (exact) mass is 464 g/mol. The molecule has 33 heavy (non-hydrogen) atoms. The van der Waals surface area contributed by atoms with E-state index in [4.69, 9.17) is 4.74 Å². The molecule has 4 rings (SSSR count). The Morgan fingerprint density at radius 1 is 1.00 bits per heavy atom. The van der Waals surface area contributed by atoms with Crippen LogP contribution in [0.25, 0.3) is 5.82 Å². The number of rotatable bonds is 7. The van der Waals surface area contributed by atoms with Crippen molar-refractivity contribution in [3.63, 3.8) is 0 Å². The first-order valence-electron chi connectivity index (χ1n) is 9.81. The minimum atomic E-state index is -3.80. The summed E-state index contributed by atoms with van der Waals surface area (Å²) in [6, 6.07) is 14.0. The van der Waals surface area contributed by atoms with Crippen molar-refractivity contribution in [2.45, 2.75) is 18.7 Å². The van der Waals surface area contributed by atoms with Crippen LogP contribution in [0, 0.1) is 6.92 Å². The fourth-order valence-corrected chi connectivity index (χ4v) is 4.01. The lowest BCUT2D eigenvalue weighted by molar-refractivity contribution is -0.114. The van der Waals surface area contributed by atoms with Crippen LogP contribution in [0.1, 0.15) is 12.7 Å². The van der Waals surface area contributed by atoms with Gasteiger partial charge >= 0.3 is 0 Å². The molecule has 11 heteroatoms. The van der Waals surface area contributed by atoms with Crippen LogP contribution in [0.5, 0.6) is 11.6 Å². The smallest absolute Gasteiger partial charge is 0.261 e. The standard InChI is InChI=1S/C22H20N6O4S/c1-15-24-21(28-12-11-23-14-28)13-22(25-15)32-19-7-3-18(4-8-19)27-33(30,31)20-9-5-17(6-10-20)26-16(2)29/h3-14,27H,1-2H3,(H,26,29). The van der Waals surface area contributed by atoms with Crippen molar-refractivity contribution in [3.05, 3.63) is 79.1 Å². The fraction of sp³-hybridized carbons (Fsp3) is 0.0909. The van der Waals surface area contributed by atoms with Gasteiger partial charge in [0.25, 0.3) is 10.0 Å². The molecule has 0 unspecified atom stereocenters. The molecule has 0 fully saturated rings. The first-order chi connectivity index (χ1) is 15.8. The third-order valence-electron chi connectivity index (χ3n) is 4.38. The van der Waals surface area contributed by atoms with Crippen LogP contribution in [0.2, 0.25) is 0 Å². The first-order valence-corrected chi connectivity index (χ1v) is 11.3. The molecule has 0 saturated carbocycles. The molecule has 0 aliphatic carbocycles. The number of ether oxygens (including phenoxy) is 1. The lowest BCUT2D eigenvalue weighted by atomic mass is 10.3. The van der Waals surface area contributed by atoms with Gasteiger partial charge in [-0.25, -0.2) is 18.4 Å². The van der Waals surface area contributed by atoms with Gasteiger partial charge in [0.2, 0.25) is 11.8 Å². The summed E-state index contributed by atoms with van der Waals surface area (Å²) in [6.07, 6.45) is 5.04. The molecular weight excluding hydrogens is 444 g/mol. The van der Waals surface area contributed by atoms with E-state index in [9.17, 15) is 13.2 Å². The van der Waals surface area contributed by atoms with Crippen molar-refractivity contribution >= 4 is 27.3 Å². The molecule has 0 bridgehead atoms. The van der Waals surface area contributed by atoms with Gasteiger partial charge in [-0.1, -0.05) is 0 Å². The number of hydrogen-bond acceptors (Lipinski definition) is 7. The number of hydrogen-bond donors (Lipinski definition) is 2. The summed E-state index contributed by atoms with van der Waals surface area (Å²) in [4.78, 5) is 23.8. The maximum atomic E-state index is 12.6. The third kappa shape index (κ3) is 5.52. The second kappa shape index (κ2) is 9.09. The SMILES string of the molecule is CC(=O)Nc1ccc(S(=O)(=O)Nc2ccc(Oc3cc(-n4ccnc4)nc(C)n3)cc2)cc1. The molecule has 0 radical (unpaired) electrons. The van der Waals surface area contributed by atoms with Crippen molar-refractivity contribution in [2.75, 3.05) is 10.0 Å². The molecule has 10 nitrogen and oxygen atoms in total. The van der Waals surface area contributed by atoms with E-state index in [0.717, 1.165) is 0 Å². The van der Waals surface area contributed by atoms with Crippen molar-refractivity contribution in [1.29, 1.82) is 0 Å². The van der Waals surface area contributed by atoms with Crippen LogP contribution >= 0.6 is 0 Å². The molecule has 168 valence electrons. The molecule has 2 aromatic heterocycles. The Morgan fingerprint density at radius 3 is 2.33 bits per heavy atom. The number of aryl methyl sites for hydroxylation is 1. The zero-order valence-corrected chi connectivity index (χ0v) is 18.6. The van der Waals surface area contributed by atoms with Gasteiger partial charge in [0.15, 0.2) is 0 Å². The van der Waals surface area contributed by atoms with Gasteiger partial charge < -0.3 is 10.1 Å². The summed E-state index contributed by atoms with van der Waals surface area (Å²) in [5.41, 5.74) is 0.880. The Bertz CT molecular complexity index is 1370. The van der Waals surface area contributed by atoms with E-state index in [1.165, 1.54) is 31.2 Å². The summed E-state index contributed by atoms with van der Waals surface area (Å²) in [5, 5.41) is 2.59. The van der Waals surface area contributed by atoms with E-state index in [2.05, 4.69) is 25.0 Å². The number of sulfonamides is 1. The Labute approximate surface area is 190 Å². The van der Waals surface area contributed by atoms with Gasteiger partial charge in [-0.2, -0.15) is 4.98 Å². The molecule has 0 spiro atoms. The number of anilines is 2. The van der Waals surface area contributed by atoms with E-state index in [0.29, 0.717) is 34.6 Å². The number of aromatic nitrogens is 4. The maximum absolute atomic E-state index is 12.6. The summed E-state index contributed by atoms with van der Waals surface area (Å²) in [5.74, 6) is 1.74. The predicted octanol–water partition coefficient (Wildman–Crippen LogP) is 3.52. The first kappa shape index (κ1) is 22.0. The largest absolute Gasteiger partial charge is 0.439 e. The number of carbonyl (C=O) groups excluding carboxylic acids is 1. The number of carbonyl (C=O) groups is 1. The highest BCUT2D eigenvalue weighted by atomic mass is 32.2. The Balaban J connectivity index is 1.46. The van der Waals surface area contributed by atoms with E-state index in [-0.39, 0.29) is 10.8 Å². The van der Waals surface area contributed by atoms with Crippen molar-refractivity contribution in [3.8, 4) is 17.4 Å². The van der Waals surface area contributed by atoms with Crippen molar-refractivity contribution in [2.24, 2.45) is 0 Å². The number of nitrogens with zero attached hydrogens (tertiary/aromatic N) is 4. The molecule has 0 atom stereocenters. The van der Waals surface area contributed by atoms with Gasteiger partial charge in [-0.05, 0) is 55.5 Å². The van der Waals surface area contributed by atoms with Gasteiger partial charge in [-0.15, -0.1) is 0 Å². The van der Waals surface area contributed by atoms with Crippen LogP contribution in [-0.4, -0.2) is 33.8 Å². The van der Waals surface area contributed by atoms with E-state index < -0.39 is 10.0 Å². The second-order valence-corrected chi connectivity index (χ2v) is 8.70. The molecule has 0 saturated heterocycles. The lowest BCUT2D eigenvalue weighted by Gasteiger charge is -2.11. The molecule has 2 heterocycles. The van der Waals surface area contributed by atoms with E-state index in [1.807, 2.05) is 0 Å². The fourth-order valence-electron chi connectivity index (χ4n) is 2.95. The molecule has 0 aliphatic heterocycles. The van der Waals surface area contributed by atoms with Gasteiger partial charge in [0.05, 0.1) is 4.90 Å². The predicted molar refractivity (Wildman–Crippen MR) is 122 cm³/mol. The maximum Gasteiger partial charge on any atom is 0.261 e. The molecule has 0 aliphatic rings. The highest BCUT2D eigenvalue weighted by Gasteiger charge is 2.14. The number of imidazole rings is 1. The van der Waals surface area contributed by atoms with Crippen LogP contribution in [-0.2, 0) is 14.8 Å². The molecule has 1 amide bonds. The minimum Gasteiger partial charge on any atom is -0.439 e. The summed E-state index contributed by atoms with van der Waals surface area (Å²) < 4.78 is 35.4. The van der Waals surface area contributed by atoms with E-state index >= 15 is 0 Å². The molecule has 2 aromatic carbocycles. The molecule has 2 N–H and O–H groups in total. The zero-order chi connectivity index (χ0) is 23.4. The van der Waals surface area contributed by atoms with Crippen molar-refractivity contribution < 1.29 is 17.9 Å². The summed E-state index contributed by atoms with van der Waals surface area (Å²) >= 11 is 0. The Morgan fingerprint density at radius 2 is 1.70 bits per heavy atom. The average molecular weight is 465 g/mol. The van der Waals surface area contributed by atoms with Crippen molar-refractivity contribution in [1.82, 2.24) is 19.5 Å². The van der Waals surface area contributed by atoms with Crippen LogP contribution in [0.15, 0.2) is 78.2 Å². The number of amides is 1. The van der Waals surface area contributed by atoms with E-state index in [1.54, 1.807) is 60.5 Å². The summed E-state index contributed by atoms with van der Waals surface area (Å²) in [6.45, 7) is 3.14. The average Bonchev–Trinajstić information content (AvgIpc) is 3.30. The molecule has 4 aromatic rings. The van der Waals surface area contributed by atoms with Crippen LogP contribution in [0.3, 0.4) is 0 Å². The Kier molecular flexibility index (Phi) is 6.05. The van der Waals surface area contributed by atoms with Gasteiger partial charge in [0, 0.05) is 36.8 Å². The lowest BCUT2D eigenvalue weighted by Crippen LogP contribution is -2.13. The number of benzene rings is 2. The highest BCUT2D eigenvalue weighted by molar-refractivity contribution is 7.92. The van der Waals surface area contributed by atoms with Gasteiger partial charge in [0.1, 0.15) is 23.7 Å². The van der Waals surface area contributed by atoms with Crippen LogP contribution in [0.4, 0.5) is 11.4 Å². The molecular formula is C22H20N6O4S. The zero-order valence-electron chi connectivity index (χ0n) is 17.8. The topological polar surface area (TPSA) is 128 Å². The minimum absolute atomic E-state index is 0.0698. The summed E-state index contributed by atoms with van der Waals surface area (Å²) in [7, 11) is -3.80. The number of nitrogens with one attached hydrogen (secondary N) is 2. The third-order valence-corrected chi connectivity index (χ3v) is 5.78.